The summed E-state index contributed by atoms with van der Waals surface area (Å²) in [5.74, 6) is 1.77. The van der Waals surface area contributed by atoms with Crippen LogP contribution in [-0.4, -0.2) is 12.2 Å². The van der Waals surface area contributed by atoms with Gasteiger partial charge in [0.2, 0.25) is 0 Å². The van der Waals surface area contributed by atoms with E-state index < -0.39 is 0 Å². The number of unbranched alkanes of at least 4 members (excludes halogenated alkanes) is 4. The second-order valence-corrected chi connectivity index (χ2v) is 6.61. The van der Waals surface area contributed by atoms with Gasteiger partial charge < -0.3 is 9.47 Å². The summed E-state index contributed by atoms with van der Waals surface area (Å²) in [6.07, 6.45) is 6.27. The fourth-order valence-corrected chi connectivity index (χ4v) is 2.85. The van der Waals surface area contributed by atoms with Crippen molar-refractivity contribution in [3.05, 3.63) is 35.9 Å². The van der Waals surface area contributed by atoms with E-state index in [2.05, 4.69) is 32.0 Å². The molecule has 0 aliphatic heterocycles. The third kappa shape index (κ3) is 5.31. The van der Waals surface area contributed by atoms with Gasteiger partial charge in [-0.3, -0.25) is 0 Å². The molecule has 3 heteroatoms. The fraction of sp³-hybridized carbons (Fsp3) is 0.500. The Morgan fingerprint density at radius 3 is 2.57 bits per heavy atom. The topological polar surface area (TPSA) is 18.5 Å². The number of halogens is 1. The Labute approximate surface area is 144 Å². The zero-order chi connectivity index (χ0) is 16.7. The number of hydrogen-bond donors (Lipinski definition) is 0. The lowest BCUT2D eigenvalue weighted by molar-refractivity contribution is 0.301. The molecule has 0 aliphatic rings. The number of ether oxygens (including phenoxy) is 2. The maximum atomic E-state index is 5.97. The highest BCUT2D eigenvalue weighted by Gasteiger charge is 2.07. The minimum atomic E-state index is -0.330. The van der Waals surface area contributed by atoms with E-state index in [1.54, 1.807) is 0 Å². The van der Waals surface area contributed by atoms with Gasteiger partial charge in [0, 0.05) is 0 Å². The molecule has 2 rings (SSSR count). The molecule has 126 valence electrons. The van der Waals surface area contributed by atoms with Crippen LogP contribution in [0.25, 0.3) is 10.8 Å². The molecule has 0 radical (unpaired) electrons. The predicted molar refractivity (Wildman–Crippen MR) is 98.9 cm³/mol. The quantitative estimate of drug-likeness (QED) is 0.387. The van der Waals surface area contributed by atoms with Crippen LogP contribution in [0.1, 0.15) is 51.5 Å². The van der Waals surface area contributed by atoms with E-state index >= 15 is 0 Å². The van der Waals surface area contributed by atoms with E-state index in [1.165, 1.54) is 36.6 Å². The molecule has 0 spiro atoms. The zero-order valence-corrected chi connectivity index (χ0v) is 15.2. The molecule has 2 aromatic rings. The fourth-order valence-electron chi connectivity index (χ4n) is 2.75. The molecule has 23 heavy (non-hydrogen) atoms. The molecule has 0 aromatic heterocycles. The van der Waals surface area contributed by atoms with Crippen LogP contribution < -0.4 is 9.47 Å². The van der Waals surface area contributed by atoms with Crippen molar-refractivity contribution < 1.29 is 9.47 Å². The van der Waals surface area contributed by atoms with Gasteiger partial charge in [0.1, 0.15) is 11.5 Å². The first kappa shape index (κ1) is 17.9. The van der Waals surface area contributed by atoms with Crippen molar-refractivity contribution >= 4 is 22.4 Å². The van der Waals surface area contributed by atoms with Crippen molar-refractivity contribution in [2.24, 2.45) is 0 Å². The van der Waals surface area contributed by atoms with Gasteiger partial charge in [-0.25, -0.2) is 0 Å². The Hall–Kier alpha value is -1.41. The van der Waals surface area contributed by atoms with Crippen LogP contribution in [0, 0.1) is 6.92 Å². The van der Waals surface area contributed by atoms with Crippen molar-refractivity contribution in [2.45, 2.75) is 58.4 Å². The highest BCUT2D eigenvalue weighted by Crippen LogP contribution is 2.30. The molecule has 0 fully saturated rings. The van der Waals surface area contributed by atoms with Crippen molar-refractivity contribution in [3.63, 3.8) is 0 Å². The van der Waals surface area contributed by atoms with Gasteiger partial charge in [-0.2, -0.15) is 0 Å². The van der Waals surface area contributed by atoms with Crippen molar-refractivity contribution in [2.75, 3.05) is 6.61 Å². The molecular weight excluding hydrogens is 308 g/mol. The van der Waals surface area contributed by atoms with Crippen LogP contribution in [0.15, 0.2) is 30.3 Å². The van der Waals surface area contributed by atoms with E-state index in [0.29, 0.717) is 0 Å². The summed E-state index contributed by atoms with van der Waals surface area (Å²) in [7, 11) is 0. The first-order valence-corrected chi connectivity index (χ1v) is 9.02. The Morgan fingerprint density at radius 1 is 1.04 bits per heavy atom. The van der Waals surface area contributed by atoms with Crippen LogP contribution in [0.4, 0.5) is 0 Å². The number of fused-ring (bicyclic) bond motifs is 1. The van der Waals surface area contributed by atoms with Gasteiger partial charge in [0.15, 0.2) is 5.56 Å². The largest absolute Gasteiger partial charge is 0.493 e. The van der Waals surface area contributed by atoms with Gasteiger partial charge in [-0.1, -0.05) is 56.3 Å². The van der Waals surface area contributed by atoms with E-state index in [1.807, 2.05) is 19.1 Å². The molecular formula is C20H27ClO2. The van der Waals surface area contributed by atoms with E-state index in [-0.39, 0.29) is 5.56 Å². The summed E-state index contributed by atoms with van der Waals surface area (Å²) < 4.78 is 11.5. The highest BCUT2D eigenvalue weighted by atomic mass is 35.5. The number of rotatable bonds is 9. The zero-order valence-electron chi connectivity index (χ0n) is 14.4. The van der Waals surface area contributed by atoms with Gasteiger partial charge in [-0.05, 0) is 54.8 Å². The molecule has 1 atom stereocenters. The minimum Gasteiger partial charge on any atom is -0.493 e. The summed E-state index contributed by atoms with van der Waals surface area (Å²) in [6, 6.07) is 10.2. The van der Waals surface area contributed by atoms with Crippen LogP contribution in [-0.2, 0) is 0 Å². The first-order valence-electron chi connectivity index (χ1n) is 8.58. The number of benzene rings is 2. The molecule has 2 nitrogen and oxygen atoms in total. The highest BCUT2D eigenvalue weighted by molar-refractivity contribution is 6.19. The van der Waals surface area contributed by atoms with Gasteiger partial charge in [-0.15, -0.1) is 0 Å². The predicted octanol–water partition coefficient (Wildman–Crippen LogP) is 6.46. The van der Waals surface area contributed by atoms with Gasteiger partial charge in [0.25, 0.3) is 0 Å². The summed E-state index contributed by atoms with van der Waals surface area (Å²) in [5.41, 5.74) is 0.852. The SMILES string of the molecule is CCCCCCCOc1ccc2cc(OC(C)Cl)ccc2c1C. The Balaban J connectivity index is 2.01. The summed E-state index contributed by atoms with van der Waals surface area (Å²) in [4.78, 5) is 0. The van der Waals surface area contributed by atoms with Crippen molar-refractivity contribution in [1.82, 2.24) is 0 Å². The maximum absolute atomic E-state index is 5.97. The van der Waals surface area contributed by atoms with E-state index in [0.717, 1.165) is 29.9 Å². The molecule has 0 bridgehead atoms. The van der Waals surface area contributed by atoms with Crippen LogP contribution in [0.5, 0.6) is 11.5 Å². The molecule has 0 aliphatic carbocycles. The summed E-state index contributed by atoms with van der Waals surface area (Å²) in [5, 5.41) is 2.34. The van der Waals surface area contributed by atoms with Crippen LogP contribution >= 0.6 is 11.6 Å². The lowest BCUT2D eigenvalue weighted by Gasteiger charge is -2.13. The molecule has 0 saturated heterocycles. The average molecular weight is 335 g/mol. The van der Waals surface area contributed by atoms with Gasteiger partial charge in [0.05, 0.1) is 6.61 Å². The van der Waals surface area contributed by atoms with Crippen molar-refractivity contribution in [1.29, 1.82) is 0 Å². The number of aryl methyl sites for hydroxylation is 1. The smallest absolute Gasteiger partial charge is 0.169 e. The molecule has 0 saturated carbocycles. The monoisotopic (exact) mass is 334 g/mol. The summed E-state index contributed by atoms with van der Waals surface area (Å²) >= 11 is 5.88. The second-order valence-electron chi connectivity index (χ2n) is 6.00. The maximum Gasteiger partial charge on any atom is 0.169 e. The average Bonchev–Trinajstić information content (AvgIpc) is 2.52. The first-order chi connectivity index (χ1) is 11.1. The lowest BCUT2D eigenvalue weighted by Crippen LogP contribution is -2.02. The number of hydrogen-bond acceptors (Lipinski definition) is 2. The standard InChI is InChI=1S/C20H27ClO2/c1-4-5-6-7-8-13-22-20-12-9-17-14-18(23-16(3)21)10-11-19(17)15(20)2/h9-12,14,16H,4-8,13H2,1-3H3. The molecule has 1 unspecified atom stereocenters. The van der Waals surface area contributed by atoms with E-state index in [9.17, 15) is 0 Å². The Bertz CT molecular complexity index is 622. The molecule has 2 aromatic carbocycles. The second kappa shape index (κ2) is 9.02. The van der Waals surface area contributed by atoms with Gasteiger partial charge >= 0.3 is 0 Å². The van der Waals surface area contributed by atoms with Crippen molar-refractivity contribution in [3.8, 4) is 11.5 Å². The molecule has 0 heterocycles. The Morgan fingerprint density at radius 2 is 1.83 bits per heavy atom. The third-order valence-electron chi connectivity index (χ3n) is 4.01. The number of alkyl halides is 1. The molecule has 0 amide bonds. The summed E-state index contributed by atoms with van der Waals surface area (Å²) in [6.45, 7) is 6.95. The third-order valence-corrected chi connectivity index (χ3v) is 4.10. The Kier molecular flexibility index (Phi) is 7.04. The van der Waals surface area contributed by atoms with Crippen LogP contribution in [0.2, 0.25) is 0 Å². The normalized spacial score (nSPS) is 12.3. The lowest BCUT2D eigenvalue weighted by atomic mass is 10.0. The minimum absolute atomic E-state index is 0.330. The van der Waals surface area contributed by atoms with Crippen LogP contribution in [0.3, 0.4) is 0 Å². The van der Waals surface area contributed by atoms with E-state index in [4.69, 9.17) is 21.1 Å². The molecule has 0 N–H and O–H groups in total.